The van der Waals surface area contributed by atoms with E-state index >= 15 is 0 Å². The molecular weight excluding hydrogens is 280 g/mol. The number of aldehydes is 1. The van der Waals surface area contributed by atoms with Gasteiger partial charge in [-0.1, -0.05) is 51.1 Å². The molecule has 1 saturated carbocycles. The van der Waals surface area contributed by atoms with Crippen molar-refractivity contribution in [1.29, 1.82) is 0 Å². The summed E-state index contributed by atoms with van der Waals surface area (Å²) in [5, 5.41) is 7.00. The summed E-state index contributed by atoms with van der Waals surface area (Å²) in [6, 6.07) is 9.64. The Morgan fingerprint density at radius 2 is 1.86 bits per heavy atom. The van der Waals surface area contributed by atoms with Crippen molar-refractivity contribution in [2.24, 2.45) is 16.7 Å². The minimum Gasteiger partial charge on any atom is -0.461 e. The molecule has 1 aromatic rings. The maximum Gasteiger partial charge on any atom is 0.309 e. The molecule has 1 N–H and O–H groups in total. The van der Waals surface area contributed by atoms with Crippen LogP contribution >= 0.6 is 0 Å². The molecule has 0 bridgehead atoms. The highest BCUT2D eigenvalue weighted by Crippen LogP contribution is 2.55. The van der Waals surface area contributed by atoms with Gasteiger partial charge in [-0.05, 0) is 23.8 Å². The Morgan fingerprint density at radius 1 is 1.27 bits per heavy atom. The number of ether oxygens (including phenoxy) is 1. The van der Waals surface area contributed by atoms with Crippen molar-refractivity contribution in [2.45, 2.75) is 40.2 Å². The van der Waals surface area contributed by atoms with Crippen molar-refractivity contribution in [3.8, 4) is 0 Å². The molecule has 0 radical (unpaired) electrons. The van der Waals surface area contributed by atoms with Gasteiger partial charge in [-0.2, -0.15) is 0 Å². The maximum atomic E-state index is 12.3. The van der Waals surface area contributed by atoms with Gasteiger partial charge < -0.3 is 14.6 Å². The molecule has 4 nitrogen and oxygen atoms in total. The first-order valence-electron chi connectivity index (χ1n) is 7.52. The molecule has 1 aliphatic carbocycles. The highest BCUT2D eigenvalue weighted by Gasteiger charge is 2.54. The van der Waals surface area contributed by atoms with Crippen molar-refractivity contribution in [1.82, 2.24) is 0 Å². The van der Waals surface area contributed by atoms with Gasteiger partial charge in [0.05, 0.1) is 5.92 Å². The summed E-state index contributed by atoms with van der Waals surface area (Å²) in [5.74, 6) is -0.397. The average molecular weight is 306 g/mol. The van der Waals surface area contributed by atoms with E-state index in [0.717, 1.165) is 31.8 Å². The zero-order valence-corrected chi connectivity index (χ0v) is 13.8. The lowest BCUT2D eigenvalue weighted by Crippen LogP contribution is -2.39. The molecule has 0 spiro atoms. The molecule has 0 amide bonds. The van der Waals surface area contributed by atoms with Crippen LogP contribution in [0, 0.1) is 16.7 Å². The average Bonchev–Trinajstić information content (AvgIpc) is 2.79. The van der Waals surface area contributed by atoms with Crippen LogP contribution in [0.1, 0.15) is 39.2 Å². The maximum absolute atomic E-state index is 12.3. The number of carbonyl (C=O) groups is 2. The molecule has 0 unspecified atom stereocenters. The van der Waals surface area contributed by atoms with Crippen LogP contribution in [0.25, 0.3) is 0 Å². The first kappa shape index (κ1) is 18.4. The molecule has 1 fully saturated rings. The third-order valence-electron chi connectivity index (χ3n) is 5.06. The van der Waals surface area contributed by atoms with Crippen molar-refractivity contribution in [3.63, 3.8) is 0 Å². The molecular formula is C18H26O4. The van der Waals surface area contributed by atoms with Crippen molar-refractivity contribution < 1.29 is 19.4 Å². The molecule has 22 heavy (non-hydrogen) atoms. The molecule has 0 saturated heterocycles. The summed E-state index contributed by atoms with van der Waals surface area (Å²) < 4.78 is 5.43. The van der Waals surface area contributed by atoms with E-state index in [0.29, 0.717) is 6.61 Å². The predicted octanol–water partition coefficient (Wildman–Crippen LogP) is 2.98. The standard InChI is InChI=1S/C17H22O3.CH4O/c1-16(2)14(9-10-17(16,3)12-18)15(19)20-11-13-7-5-4-6-8-13;1-2/h4-8,12,14H,9-11H2,1-3H3;2H,1H3/t14-,17+;/m1./s1. The summed E-state index contributed by atoms with van der Waals surface area (Å²) in [4.78, 5) is 23.6. The van der Waals surface area contributed by atoms with Crippen molar-refractivity contribution in [2.75, 3.05) is 7.11 Å². The van der Waals surface area contributed by atoms with Crippen LogP contribution in [0.5, 0.6) is 0 Å². The monoisotopic (exact) mass is 306 g/mol. The Kier molecular flexibility index (Phi) is 6.30. The summed E-state index contributed by atoms with van der Waals surface area (Å²) in [6.07, 6.45) is 2.46. The molecule has 1 aliphatic rings. The number of aliphatic hydroxyl groups excluding tert-OH is 1. The lowest BCUT2D eigenvalue weighted by Gasteiger charge is -2.36. The number of aliphatic hydroxyl groups is 1. The smallest absolute Gasteiger partial charge is 0.309 e. The predicted molar refractivity (Wildman–Crippen MR) is 85.1 cm³/mol. The molecule has 1 aromatic carbocycles. The van der Waals surface area contributed by atoms with Crippen molar-refractivity contribution >= 4 is 12.3 Å². The van der Waals surface area contributed by atoms with Gasteiger partial charge in [0.15, 0.2) is 0 Å². The van der Waals surface area contributed by atoms with Crippen LogP contribution < -0.4 is 0 Å². The van der Waals surface area contributed by atoms with E-state index in [1.165, 1.54) is 0 Å². The van der Waals surface area contributed by atoms with E-state index in [-0.39, 0.29) is 17.3 Å². The topological polar surface area (TPSA) is 63.6 Å². The number of hydrogen-bond acceptors (Lipinski definition) is 4. The number of benzene rings is 1. The molecule has 0 aliphatic heterocycles. The Morgan fingerprint density at radius 3 is 2.36 bits per heavy atom. The second kappa shape index (κ2) is 7.54. The summed E-state index contributed by atoms with van der Waals surface area (Å²) >= 11 is 0. The zero-order chi connectivity index (χ0) is 16.8. The van der Waals surface area contributed by atoms with E-state index in [4.69, 9.17) is 9.84 Å². The van der Waals surface area contributed by atoms with E-state index < -0.39 is 5.41 Å². The minimum absolute atomic E-state index is 0.190. The van der Waals surface area contributed by atoms with Gasteiger partial charge >= 0.3 is 5.97 Å². The third-order valence-corrected chi connectivity index (χ3v) is 5.06. The van der Waals surface area contributed by atoms with Gasteiger partial charge in [0.2, 0.25) is 0 Å². The fraction of sp³-hybridized carbons (Fsp3) is 0.556. The Labute approximate surface area is 132 Å². The fourth-order valence-corrected chi connectivity index (χ4v) is 2.98. The minimum atomic E-state index is -0.441. The fourth-order valence-electron chi connectivity index (χ4n) is 2.98. The molecule has 0 aromatic heterocycles. The number of rotatable bonds is 4. The van der Waals surface area contributed by atoms with Gasteiger partial charge in [0.1, 0.15) is 12.9 Å². The van der Waals surface area contributed by atoms with Gasteiger partial charge in [-0.3, -0.25) is 4.79 Å². The van der Waals surface area contributed by atoms with E-state index in [1.54, 1.807) is 0 Å². The second-order valence-corrected chi connectivity index (χ2v) is 6.44. The lowest BCUT2D eigenvalue weighted by atomic mass is 9.66. The first-order chi connectivity index (χ1) is 10.4. The molecule has 2 atom stereocenters. The Balaban J connectivity index is 0.00000116. The highest BCUT2D eigenvalue weighted by atomic mass is 16.5. The zero-order valence-electron chi connectivity index (χ0n) is 13.8. The van der Waals surface area contributed by atoms with Crippen LogP contribution in [0.2, 0.25) is 0 Å². The highest BCUT2D eigenvalue weighted by molar-refractivity contribution is 5.76. The van der Waals surface area contributed by atoms with Crippen LogP contribution in [-0.2, 0) is 20.9 Å². The number of carbonyl (C=O) groups excluding carboxylic acids is 2. The van der Waals surface area contributed by atoms with Gasteiger partial charge in [0.25, 0.3) is 0 Å². The lowest BCUT2D eigenvalue weighted by molar-refractivity contribution is -0.154. The third kappa shape index (κ3) is 3.55. The van der Waals surface area contributed by atoms with E-state index in [1.807, 2.05) is 51.1 Å². The van der Waals surface area contributed by atoms with Crippen LogP contribution in [0.3, 0.4) is 0 Å². The molecule has 0 heterocycles. The van der Waals surface area contributed by atoms with E-state index in [2.05, 4.69) is 0 Å². The largest absolute Gasteiger partial charge is 0.461 e. The van der Waals surface area contributed by atoms with Gasteiger partial charge in [0, 0.05) is 12.5 Å². The summed E-state index contributed by atoms with van der Waals surface area (Å²) in [6.45, 7) is 6.21. The van der Waals surface area contributed by atoms with Crippen LogP contribution in [0.15, 0.2) is 30.3 Å². The van der Waals surface area contributed by atoms with Crippen molar-refractivity contribution in [3.05, 3.63) is 35.9 Å². The van der Waals surface area contributed by atoms with Gasteiger partial charge in [-0.25, -0.2) is 0 Å². The molecule has 4 heteroatoms. The van der Waals surface area contributed by atoms with Crippen LogP contribution in [-0.4, -0.2) is 24.5 Å². The Bertz CT molecular complexity index is 495. The van der Waals surface area contributed by atoms with Gasteiger partial charge in [-0.15, -0.1) is 0 Å². The first-order valence-corrected chi connectivity index (χ1v) is 7.52. The summed E-state index contributed by atoms with van der Waals surface area (Å²) in [5.41, 5.74) is 0.182. The Hall–Kier alpha value is -1.68. The second-order valence-electron chi connectivity index (χ2n) is 6.44. The molecule has 122 valence electrons. The van der Waals surface area contributed by atoms with Crippen LogP contribution in [0.4, 0.5) is 0 Å². The normalized spacial score (nSPS) is 25.8. The summed E-state index contributed by atoms with van der Waals surface area (Å²) in [7, 11) is 1.00. The quantitative estimate of drug-likeness (QED) is 0.686. The molecule has 2 rings (SSSR count). The number of esters is 1. The van der Waals surface area contributed by atoms with E-state index in [9.17, 15) is 9.59 Å². The SMILES string of the molecule is CC1(C)[C@@H](C(=O)OCc2ccccc2)CC[C@@]1(C)C=O.CO. The number of hydrogen-bond donors (Lipinski definition) is 1.